The van der Waals surface area contributed by atoms with Crippen LogP contribution in [0.5, 0.6) is 0 Å². The summed E-state index contributed by atoms with van der Waals surface area (Å²) in [5.41, 5.74) is 0. The SMILES string of the molecule is CC(=O)O[C@H]1C=C[C@@H](OC(C)=O)C1NCC=CCN(C(C)=O)C1[C@@H](OC(C)=O)C=C[C@H]1OC(C)=O. The summed E-state index contributed by atoms with van der Waals surface area (Å²) in [5.74, 6) is -2.26. The summed E-state index contributed by atoms with van der Waals surface area (Å²) in [6.07, 6.45) is 7.28. The maximum Gasteiger partial charge on any atom is 0.303 e. The molecule has 192 valence electrons. The first kappa shape index (κ1) is 27.8. The minimum Gasteiger partial charge on any atom is -0.456 e. The van der Waals surface area contributed by atoms with Gasteiger partial charge in [0.15, 0.2) is 0 Å². The normalized spacial score (nSPS) is 27.0. The Hall–Kier alpha value is -3.47. The molecule has 1 amide bonds. The van der Waals surface area contributed by atoms with Crippen molar-refractivity contribution in [3.63, 3.8) is 0 Å². The standard InChI is InChI=1S/C24H32N2O9/c1-14(27)26(24-21(34-17(4)30)10-11-22(24)35-18(5)31)13-7-6-12-25-23-19(32-15(2)28)8-9-20(23)33-16(3)29/h6-11,19-25H,12-13H2,1-5H3/t19-,20+,21-,22+,23?,24?. The lowest BCUT2D eigenvalue weighted by atomic mass is 10.1. The Balaban J connectivity index is 2.04. The van der Waals surface area contributed by atoms with Crippen molar-refractivity contribution in [2.75, 3.05) is 13.1 Å². The third-order valence-corrected chi connectivity index (χ3v) is 5.27. The molecule has 0 saturated carbocycles. The molecule has 0 fully saturated rings. The van der Waals surface area contributed by atoms with Crippen LogP contribution in [0.2, 0.25) is 0 Å². The van der Waals surface area contributed by atoms with Crippen molar-refractivity contribution in [3.05, 3.63) is 36.5 Å². The van der Waals surface area contributed by atoms with Crippen LogP contribution in [0, 0.1) is 0 Å². The van der Waals surface area contributed by atoms with Crippen molar-refractivity contribution in [3.8, 4) is 0 Å². The average molecular weight is 493 g/mol. The molecule has 0 saturated heterocycles. The molecule has 2 unspecified atom stereocenters. The van der Waals surface area contributed by atoms with Crippen molar-refractivity contribution in [1.82, 2.24) is 10.2 Å². The number of amides is 1. The largest absolute Gasteiger partial charge is 0.456 e. The number of rotatable bonds is 10. The first-order valence-corrected chi connectivity index (χ1v) is 11.2. The molecule has 0 aromatic heterocycles. The van der Waals surface area contributed by atoms with Crippen LogP contribution < -0.4 is 5.32 Å². The van der Waals surface area contributed by atoms with E-state index in [0.29, 0.717) is 6.54 Å². The Labute approximate surface area is 204 Å². The summed E-state index contributed by atoms with van der Waals surface area (Å²) in [6, 6.07) is -1.18. The number of hydrogen-bond donors (Lipinski definition) is 1. The number of carbonyl (C=O) groups excluding carboxylic acids is 5. The fourth-order valence-corrected chi connectivity index (χ4v) is 4.01. The summed E-state index contributed by atoms with van der Waals surface area (Å²) in [7, 11) is 0. The Morgan fingerprint density at radius 1 is 0.686 bits per heavy atom. The topological polar surface area (TPSA) is 138 Å². The number of hydrogen-bond acceptors (Lipinski definition) is 10. The zero-order valence-electron chi connectivity index (χ0n) is 20.5. The van der Waals surface area contributed by atoms with Crippen molar-refractivity contribution < 1.29 is 42.9 Å². The Morgan fingerprint density at radius 2 is 1.09 bits per heavy atom. The van der Waals surface area contributed by atoms with Crippen molar-refractivity contribution in [2.45, 2.75) is 71.1 Å². The molecule has 0 aliphatic heterocycles. The third kappa shape index (κ3) is 8.36. The maximum atomic E-state index is 12.4. The van der Waals surface area contributed by atoms with Gasteiger partial charge in [0, 0.05) is 47.7 Å². The highest BCUT2D eigenvalue weighted by atomic mass is 16.6. The molecule has 0 bridgehead atoms. The van der Waals surface area contributed by atoms with E-state index >= 15 is 0 Å². The maximum absolute atomic E-state index is 12.4. The van der Waals surface area contributed by atoms with E-state index in [1.165, 1.54) is 39.5 Å². The second-order valence-corrected chi connectivity index (χ2v) is 8.13. The molecule has 0 heterocycles. The van der Waals surface area contributed by atoms with E-state index in [0.717, 1.165) is 0 Å². The predicted molar refractivity (Wildman–Crippen MR) is 123 cm³/mol. The Kier molecular flexibility index (Phi) is 10.2. The molecule has 35 heavy (non-hydrogen) atoms. The van der Waals surface area contributed by atoms with Crippen molar-refractivity contribution >= 4 is 29.8 Å². The molecular formula is C24H32N2O9. The molecule has 0 aromatic carbocycles. The number of carbonyl (C=O) groups is 5. The molecule has 2 aliphatic carbocycles. The van der Waals surface area contributed by atoms with Gasteiger partial charge in [-0.3, -0.25) is 24.0 Å². The van der Waals surface area contributed by atoms with Gasteiger partial charge in [0.2, 0.25) is 5.91 Å². The highest BCUT2D eigenvalue weighted by molar-refractivity contribution is 5.75. The van der Waals surface area contributed by atoms with Crippen LogP contribution in [0.4, 0.5) is 0 Å². The smallest absolute Gasteiger partial charge is 0.303 e. The van der Waals surface area contributed by atoms with Gasteiger partial charge in [-0.05, 0) is 24.3 Å². The van der Waals surface area contributed by atoms with E-state index in [-0.39, 0.29) is 12.5 Å². The van der Waals surface area contributed by atoms with E-state index in [9.17, 15) is 24.0 Å². The Bertz CT molecular complexity index is 859. The van der Waals surface area contributed by atoms with Gasteiger partial charge in [0.25, 0.3) is 0 Å². The van der Waals surface area contributed by atoms with Gasteiger partial charge in [0.1, 0.15) is 30.5 Å². The van der Waals surface area contributed by atoms with Gasteiger partial charge in [-0.25, -0.2) is 0 Å². The molecule has 6 atom stereocenters. The van der Waals surface area contributed by atoms with Crippen LogP contribution in [0.25, 0.3) is 0 Å². The molecule has 11 heteroatoms. The number of nitrogens with zero attached hydrogens (tertiary/aromatic N) is 1. The van der Waals surface area contributed by atoms with E-state index < -0.39 is 60.4 Å². The lowest BCUT2D eigenvalue weighted by Crippen LogP contribution is -2.51. The fourth-order valence-electron chi connectivity index (χ4n) is 4.01. The second kappa shape index (κ2) is 12.8. The highest BCUT2D eigenvalue weighted by Crippen LogP contribution is 2.25. The molecule has 11 nitrogen and oxygen atoms in total. The van der Waals surface area contributed by atoms with Crippen molar-refractivity contribution in [2.24, 2.45) is 0 Å². The summed E-state index contributed by atoms with van der Waals surface area (Å²) < 4.78 is 21.2. The van der Waals surface area contributed by atoms with E-state index in [1.54, 1.807) is 36.5 Å². The summed E-state index contributed by atoms with van der Waals surface area (Å²) in [5, 5.41) is 3.18. The number of nitrogens with one attached hydrogen (secondary N) is 1. The number of ether oxygens (including phenoxy) is 4. The average Bonchev–Trinajstić information content (AvgIpc) is 3.27. The zero-order valence-corrected chi connectivity index (χ0v) is 20.5. The molecule has 0 aromatic rings. The van der Waals surface area contributed by atoms with Gasteiger partial charge in [-0.2, -0.15) is 0 Å². The minimum atomic E-state index is -0.759. The fraction of sp³-hybridized carbons (Fsp3) is 0.542. The van der Waals surface area contributed by atoms with Gasteiger partial charge in [0.05, 0.1) is 6.04 Å². The van der Waals surface area contributed by atoms with Gasteiger partial charge < -0.3 is 29.2 Å². The van der Waals surface area contributed by atoms with E-state index in [2.05, 4.69) is 5.32 Å². The lowest BCUT2D eigenvalue weighted by Gasteiger charge is -2.34. The minimum absolute atomic E-state index is 0.155. The van der Waals surface area contributed by atoms with Gasteiger partial charge in [-0.15, -0.1) is 0 Å². The third-order valence-electron chi connectivity index (χ3n) is 5.27. The van der Waals surface area contributed by atoms with E-state index in [4.69, 9.17) is 18.9 Å². The van der Waals surface area contributed by atoms with Crippen LogP contribution in [0.1, 0.15) is 34.6 Å². The highest BCUT2D eigenvalue weighted by Gasteiger charge is 2.41. The zero-order chi connectivity index (χ0) is 26.1. The van der Waals surface area contributed by atoms with Crippen LogP contribution in [0.15, 0.2) is 36.5 Å². The predicted octanol–water partition coefficient (Wildman–Crippen LogP) is 0.584. The van der Waals surface area contributed by atoms with Crippen LogP contribution in [-0.4, -0.2) is 84.3 Å². The van der Waals surface area contributed by atoms with Gasteiger partial charge >= 0.3 is 23.9 Å². The Morgan fingerprint density at radius 3 is 1.49 bits per heavy atom. The summed E-state index contributed by atoms with van der Waals surface area (Å²) in [4.78, 5) is 59.7. The lowest BCUT2D eigenvalue weighted by molar-refractivity contribution is -0.157. The van der Waals surface area contributed by atoms with Crippen molar-refractivity contribution in [1.29, 1.82) is 0 Å². The molecule has 2 rings (SSSR count). The molecule has 0 radical (unpaired) electrons. The molecule has 2 aliphatic rings. The van der Waals surface area contributed by atoms with Crippen LogP contribution >= 0.6 is 0 Å². The molecule has 1 N–H and O–H groups in total. The number of esters is 4. The first-order valence-electron chi connectivity index (χ1n) is 11.2. The monoisotopic (exact) mass is 492 g/mol. The van der Waals surface area contributed by atoms with Crippen LogP contribution in [0.3, 0.4) is 0 Å². The van der Waals surface area contributed by atoms with Gasteiger partial charge in [-0.1, -0.05) is 12.2 Å². The molecular weight excluding hydrogens is 460 g/mol. The quantitative estimate of drug-likeness (QED) is 0.262. The van der Waals surface area contributed by atoms with E-state index in [1.807, 2.05) is 0 Å². The molecule has 0 spiro atoms. The second-order valence-electron chi connectivity index (χ2n) is 8.13. The summed E-state index contributed by atoms with van der Waals surface area (Å²) in [6.45, 7) is 6.96. The first-order chi connectivity index (χ1) is 16.5. The van der Waals surface area contributed by atoms with Crippen LogP contribution in [-0.2, 0) is 42.9 Å². The summed E-state index contributed by atoms with van der Waals surface area (Å²) >= 11 is 0.